The Kier molecular flexibility index (Phi) is 4.30. The molecule has 1 unspecified atom stereocenters. The number of carbonyl (C=O) groups is 1. The molecule has 0 fully saturated rings. The fourth-order valence-corrected chi connectivity index (χ4v) is 1.78. The highest BCUT2D eigenvalue weighted by Gasteiger charge is 2.04. The third-order valence-corrected chi connectivity index (χ3v) is 2.76. The predicted octanol–water partition coefficient (Wildman–Crippen LogP) is 1.43. The van der Waals surface area contributed by atoms with Crippen LogP contribution in [0.2, 0.25) is 0 Å². The molecule has 0 aliphatic heterocycles. The van der Waals surface area contributed by atoms with Gasteiger partial charge in [0.15, 0.2) is 0 Å². The van der Waals surface area contributed by atoms with Gasteiger partial charge in [0.1, 0.15) is 0 Å². The van der Waals surface area contributed by atoms with Crippen LogP contribution >= 0.6 is 0 Å². The molecule has 1 heterocycles. The molecule has 0 bridgehead atoms. The Balaban J connectivity index is 1.91. The van der Waals surface area contributed by atoms with Crippen molar-refractivity contribution in [1.29, 1.82) is 0 Å². The minimum absolute atomic E-state index is 0.0207. The zero-order chi connectivity index (χ0) is 13.7. The van der Waals surface area contributed by atoms with Crippen LogP contribution in [-0.4, -0.2) is 22.1 Å². The maximum atomic E-state index is 11.5. The predicted molar refractivity (Wildman–Crippen MR) is 74.1 cm³/mol. The monoisotopic (exact) mass is 258 g/mol. The zero-order valence-electron chi connectivity index (χ0n) is 10.9. The third-order valence-electron chi connectivity index (χ3n) is 2.76. The molecule has 1 aromatic carbocycles. The number of H-pyrrole nitrogens is 1. The van der Waals surface area contributed by atoms with Gasteiger partial charge in [0.25, 0.3) is 0 Å². The fraction of sp³-hybridized carbons (Fsp3) is 0.286. The lowest BCUT2D eigenvalue weighted by molar-refractivity contribution is -0.121. The maximum Gasteiger partial charge on any atom is 0.221 e. The van der Waals surface area contributed by atoms with Crippen LogP contribution in [0.25, 0.3) is 11.3 Å². The molecule has 2 rings (SSSR count). The first-order valence-electron chi connectivity index (χ1n) is 6.26. The zero-order valence-corrected chi connectivity index (χ0v) is 10.9. The number of amides is 1. The molecule has 0 saturated carbocycles. The molecule has 0 aliphatic rings. The van der Waals surface area contributed by atoms with Gasteiger partial charge < -0.3 is 11.1 Å². The summed E-state index contributed by atoms with van der Waals surface area (Å²) < 4.78 is 0. The van der Waals surface area contributed by atoms with Crippen molar-refractivity contribution in [2.75, 3.05) is 0 Å². The molecule has 1 atom stereocenters. The quantitative estimate of drug-likeness (QED) is 0.758. The molecule has 0 saturated heterocycles. The van der Waals surface area contributed by atoms with E-state index in [0.717, 1.165) is 16.8 Å². The number of nitrogens with two attached hydrogens (primary N) is 1. The van der Waals surface area contributed by atoms with E-state index >= 15 is 0 Å². The van der Waals surface area contributed by atoms with Crippen molar-refractivity contribution in [2.24, 2.45) is 5.73 Å². The van der Waals surface area contributed by atoms with E-state index in [1.54, 1.807) is 6.20 Å². The Labute approximate surface area is 112 Å². The van der Waals surface area contributed by atoms with E-state index < -0.39 is 0 Å². The molecule has 5 nitrogen and oxygen atoms in total. The molecule has 19 heavy (non-hydrogen) atoms. The largest absolute Gasteiger partial charge is 0.352 e. The summed E-state index contributed by atoms with van der Waals surface area (Å²) in [6.45, 7) is 2.34. The summed E-state index contributed by atoms with van der Waals surface area (Å²) >= 11 is 0. The average Bonchev–Trinajstić information content (AvgIpc) is 2.90. The Morgan fingerprint density at radius 3 is 2.68 bits per heavy atom. The Morgan fingerprint density at radius 2 is 2.11 bits per heavy atom. The van der Waals surface area contributed by atoms with Gasteiger partial charge in [-0.1, -0.05) is 24.3 Å². The molecule has 4 N–H and O–H groups in total. The summed E-state index contributed by atoms with van der Waals surface area (Å²) in [4.78, 5) is 11.5. The number of hydrogen-bond acceptors (Lipinski definition) is 3. The van der Waals surface area contributed by atoms with Crippen LogP contribution < -0.4 is 11.1 Å². The number of aromatic nitrogens is 2. The molecule has 100 valence electrons. The van der Waals surface area contributed by atoms with Crippen LogP contribution in [-0.2, 0) is 11.3 Å². The summed E-state index contributed by atoms with van der Waals surface area (Å²) in [5.41, 5.74) is 8.67. The number of hydrogen-bond donors (Lipinski definition) is 3. The second-order valence-corrected chi connectivity index (χ2v) is 4.63. The number of aromatic amines is 1. The smallest absolute Gasteiger partial charge is 0.221 e. The number of benzene rings is 1. The van der Waals surface area contributed by atoms with E-state index in [0.29, 0.717) is 13.0 Å². The summed E-state index contributed by atoms with van der Waals surface area (Å²) in [6, 6.07) is 9.79. The standard InChI is InChI=1S/C14H18N4O/c1-10(15)8-14(19)16-9-11-2-4-12(5-3-11)13-6-7-17-18-13/h2-7,10H,8-9,15H2,1H3,(H,16,19)(H,17,18). The van der Waals surface area contributed by atoms with Gasteiger partial charge in [-0.25, -0.2) is 0 Å². The second kappa shape index (κ2) is 6.15. The van der Waals surface area contributed by atoms with Crippen LogP contribution in [0.1, 0.15) is 18.9 Å². The van der Waals surface area contributed by atoms with Crippen LogP contribution in [0.5, 0.6) is 0 Å². The van der Waals surface area contributed by atoms with Crippen molar-refractivity contribution >= 4 is 5.91 Å². The minimum Gasteiger partial charge on any atom is -0.352 e. The van der Waals surface area contributed by atoms with Crippen LogP contribution in [0.15, 0.2) is 36.5 Å². The topological polar surface area (TPSA) is 83.8 Å². The Morgan fingerprint density at radius 1 is 1.37 bits per heavy atom. The van der Waals surface area contributed by atoms with Gasteiger partial charge in [0.05, 0.1) is 5.69 Å². The van der Waals surface area contributed by atoms with E-state index in [2.05, 4.69) is 15.5 Å². The van der Waals surface area contributed by atoms with Gasteiger partial charge >= 0.3 is 0 Å². The first-order valence-corrected chi connectivity index (χ1v) is 6.26. The second-order valence-electron chi connectivity index (χ2n) is 4.63. The highest BCUT2D eigenvalue weighted by Crippen LogP contribution is 2.16. The van der Waals surface area contributed by atoms with Crippen LogP contribution in [0.3, 0.4) is 0 Å². The molecule has 5 heteroatoms. The highest BCUT2D eigenvalue weighted by atomic mass is 16.1. The fourth-order valence-electron chi connectivity index (χ4n) is 1.78. The van der Waals surface area contributed by atoms with Gasteiger partial charge in [-0.3, -0.25) is 9.89 Å². The van der Waals surface area contributed by atoms with Crippen molar-refractivity contribution in [1.82, 2.24) is 15.5 Å². The molecule has 1 amide bonds. The van der Waals surface area contributed by atoms with Crippen LogP contribution in [0, 0.1) is 0 Å². The van der Waals surface area contributed by atoms with Gasteiger partial charge in [-0.2, -0.15) is 5.10 Å². The summed E-state index contributed by atoms with van der Waals surface area (Å²) in [7, 11) is 0. The van der Waals surface area contributed by atoms with Crippen LogP contribution in [0.4, 0.5) is 0 Å². The van der Waals surface area contributed by atoms with Gasteiger partial charge in [0.2, 0.25) is 5.91 Å². The van der Waals surface area contributed by atoms with E-state index in [1.165, 1.54) is 0 Å². The van der Waals surface area contributed by atoms with Crippen molar-refractivity contribution in [3.05, 3.63) is 42.1 Å². The van der Waals surface area contributed by atoms with Gasteiger partial charge in [0, 0.05) is 25.2 Å². The highest BCUT2D eigenvalue weighted by molar-refractivity contribution is 5.76. The molecule has 2 aromatic rings. The van der Waals surface area contributed by atoms with Crippen molar-refractivity contribution < 1.29 is 4.79 Å². The van der Waals surface area contributed by atoms with Crippen molar-refractivity contribution in [3.63, 3.8) is 0 Å². The number of nitrogens with zero attached hydrogens (tertiary/aromatic N) is 1. The maximum absolute atomic E-state index is 11.5. The van der Waals surface area contributed by atoms with E-state index in [-0.39, 0.29) is 11.9 Å². The third kappa shape index (κ3) is 3.93. The lowest BCUT2D eigenvalue weighted by Gasteiger charge is -2.07. The normalized spacial score (nSPS) is 12.1. The number of nitrogens with one attached hydrogen (secondary N) is 2. The summed E-state index contributed by atoms with van der Waals surface area (Å²) in [5.74, 6) is -0.0207. The van der Waals surface area contributed by atoms with Crippen molar-refractivity contribution in [2.45, 2.75) is 25.9 Å². The molecule has 1 aromatic heterocycles. The summed E-state index contributed by atoms with van der Waals surface area (Å²) in [5, 5.41) is 9.67. The van der Waals surface area contributed by atoms with Gasteiger partial charge in [-0.15, -0.1) is 0 Å². The average molecular weight is 258 g/mol. The number of rotatable bonds is 5. The lowest BCUT2D eigenvalue weighted by Crippen LogP contribution is -2.29. The van der Waals surface area contributed by atoms with E-state index in [9.17, 15) is 4.79 Å². The molecular weight excluding hydrogens is 240 g/mol. The minimum atomic E-state index is -0.109. The first kappa shape index (κ1) is 13.3. The summed E-state index contributed by atoms with van der Waals surface area (Å²) in [6.07, 6.45) is 2.07. The van der Waals surface area contributed by atoms with Gasteiger partial charge in [-0.05, 0) is 24.1 Å². The molecular formula is C14H18N4O. The van der Waals surface area contributed by atoms with E-state index in [1.807, 2.05) is 37.3 Å². The van der Waals surface area contributed by atoms with E-state index in [4.69, 9.17) is 5.73 Å². The Hall–Kier alpha value is -2.14. The van der Waals surface area contributed by atoms with Crippen molar-refractivity contribution in [3.8, 4) is 11.3 Å². The Bertz CT molecular complexity index is 517. The molecule has 0 aliphatic carbocycles. The molecule has 0 spiro atoms. The first-order chi connectivity index (χ1) is 9.15. The molecule has 0 radical (unpaired) electrons. The lowest BCUT2D eigenvalue weighted by atomic mass is 10.1. The SMILES string of the molecule is CC(N)CC(=O)NCc1ccc(-c2ccn[nH]2)cc1. The number of carbonyl (C=O) groups excluding carboxylic acids is 1.